The van der Waals surface area contributed by atoms with Crippen molar-refractivity contribution in [3.05, 3.63) is 46.8 Å². The zero-order valence-corrected chi connectivity index (χ0v) is 15.2. The number of rotatable bonds is 4. The molecule has 3 rings (SSSR count). The van der Waals surface area contributed by atoms with E-state index >= 15 is 0 Å². The summed E-state index contributed by atoms with van der Waals surface area (Å²) in [6.07, 6.45) is 0.971. The molecule has 0 bridgehead atoms. The average Bonchev–Trinajstić information content (AvgIpc) is 2.94. The van der Waals surface area contributed by atoms with Crippen molar-refractivity contribution in [1.29, 1.82) is 0 Å². The van der Waals surface area contributed by atoms with Crippen molar-refractivity contribution in [2.75, 3.05) is 19.6 Å². The van der Waals surface area contributed by atoms with Gasteiger partial charge in [-0.15, -0.1) is 0 Å². The maximum Gasteiger partial charge on any atom is 0.247 e. The number of hydrogen-bond donors (Lipinski definition) is 2. The van der Waals surface area contributed by atoms with Crippen molar-refractivity contribution in [3.8, 4) is 0 Å². The minimum absolute atomic E-state index is 0.205. The van der Waals surface area contributed by atoms with Gasteiger partial charge in [-0.25, -0.2) is 8.42 Å². The van der Waals surface area contributed by atoms with Gasteiger partial charge in [0, 0.05) is 19.6 Å². The highest BCUT2D eigenvalue weighted by Crippen LogP contribution is 2.31. The quantitative estimate of drug-likeness (QED) is 0.885. The van der Waals surface area contributed by atoms with Gasteiger partial charge in [-0.3, -0.25) is 5.10 Å². The Kier molecular flexibility index (Phi) is 4.76. The molecule has 1 saturated heterocycles. The summed E-state index contributed by atoms with van der Waals surface area (Å²) in [4.78, 5) is 0.305. The topological polar surface area (TPSA) is 78.1 Å². The zero-order chi connectivity index (χ0) is 17.3. The van der Waals surface area contributed by atoms with E-state index in [1.165, 1.54) is 5.56 Å². The minimum Gasteiger partial charge on any atom is -0.313 e. The highest BCUT2D eigenvalue weighted by molar-refractivity contribution is 7.89. The summed E-state index contributed by atoms with van der Waals surface area (Å²) in [5, 5.41) is 10.1. The Morgan fingerprint density at radius 2 is 1.96 bits per heavy atom. The molecule has 2 aromatic rings. The van der Waals surface area contributed by atoms with E-state index in [1.54, 1.807) is 18.2 Å². The third-order valence-corrected chi connectivity index (χ3v) is 6.77. The van der Waals surface area contributed by atoms with Gasteiger partial charge in [0.25, 0.3) is 0 Å². The number of nitrogens with zero attached hydrogens (tertiary/aromatic N) is 2. The molecule has 1 aromatic heterocycles. The summed E-state index contributed by atoms with van der Waals surface area (Å²) in [5.74, 6) is 0. The molecule has 1 atom stereocenters. The molecule has 24 heavy (non-hydrogen) atoms. The largest absolute Gasteiger partial charge is 0.313 e. The first-order valence-electron chi connectivity index (χ1n) is 8.28. The van der Waals surface area contributed by atoms with E-state index in [9.17, 15) is 8.42 Å². The number of benzene rings is 1. The Balaban J connectivity index is 2.00. The second kappa shape index (κ2) is 6.66. The monoisotopic (exact) mass is 348 g/mol. The van der Waals surface area contributed by atoms with Crippen LogP contribution in [0.25, 0.3) is 0 Å². The average molecular weight is 348 g/mol. The molecule has 1 aliphatic heterocycles. The first-order chi connectivity index (χ1) is 11.4. The van der Waals surface area contributed by atoms with Crippen LogP contribution in [0, 0.1) is 13.8 Å². The molecule has 1 aliphatic rings. The fourth-order valence-corrected chi connectivity index (χ4v) is 5.22. The third-order valence-electron chi connectivity index (χ3n) is 4.59. The van der Waals surface area contributed by atoms with Crippen LogP contribution in [0.4, 0.5) is 0 Å². The van der Waals surface area contributed by atoms with E-state index in [2.05, 4.69) is 34.6 Å². The molecule has 0 radical (unpaired) electrons. The van der Waals surface area contributed by atoms with Gasteiger partial charge in [-0.05, 0) is 31.4 Å². The van der Waals surface area contributed by atoms with Crippen molar-refractivity contribution < 1.29 is 8.42 Å². The smallest absolute Gasteiger partial charge is 0.247 e. The molecule has 0 saturated carbocycles. The van der Waals surface area contributed by atoms with Gasteiger partial charge in [0.1, 0.15) is 4.90 Å². The van der Waals surface area contributed by atoms with E-state index < -0.39 is 10.0 Å². The molecule has 0 amide bonds. The highest BCUT2D eigenvalue weighted by Gasteiger charge is 2.37. The van der Waals surface area contributed by atoms with Gasteiger partial charge in [-0.1, -0.05) is 31.2 Å². The van der Waals surface area contributed by atoms with Crippen LogP contribution < -0.4 is 5.32 Å². The van der Waals surface area contributed by atoms with E-state index in [4.69, 9.17) is 0 Å². The molecule has 2 N–H and O–H groups in total. The Hall–Kier alpha value is -1.70. The number of hydrogen-bond acceptors (Lipinski definition) is 4. The van der Waals surface area contributed by atoms with Gasteiger partial charge >= 0.3 is 0 Å². The van der Waals surface area contributed by atoms with Crippen LogP contribution in [0.2, 0.25) is 0 Å². The van der Waals surface area contributed by atoms with Crippen LogP contribution in [0.5, 0.6) is 0 Å². The standard InChI is InChI=1S/C17H24N4O2S/c1-4-14-5-7-15(8-6-14)16-11-18-9-10-21(16)24(22,23)17-12(2)19-20-13(17)3/h5-8,16,18H,4,9-11H2,1-3H3,(H,19,20). The normalized spacial score (nSPS) is 19.5. The van der Waals surface area contributed by atoms with Crippen LogP contribution in [0.15, 0.2) is 29.2 Å². The highest BCUT2D eigenvalue weighted by atomic mass is 32.2. The Morgan fingerprint density at radius 1 is 1.25 bits per heavy atom. The van der Waals surface area contributed by atoms with Crippen molar-refractivity contribution in [2.24, 2.45) is 0 Å². The lowest BCUT2D eigenvalue weighted by Gasteiger charge is -2.35. The van der Waals surface area contributed by atoms with Gasteiger partial charge in [0.2, 0.25) is 10.0 Å². The fraction of sp³-hybridized carbons (Fsp3) is 0.471. The third kappa shape index (κ3) is 2.99. The van der Waals surface area contributed by atoms with Crippen LogP contribution in [-0.4, -0.2) is 42.6 Å². The molecule has 1 unspecified atom stereocenters. The van der Waals surface area contributed by atoms with Crippen molar-refractivity contribution in [1.82, 2.24) is 19.8 Å². The summed E-state index contributed by atoms with van der Waals surface area (Å²) in [7, 11) is -3.59. The molecule has 1 aromatic carbocycles. The maximum atomic E-state index is 13.2. The molecular formula is C17H24N4O2S. The van der Waals surface area contributed by atoms with Gasteiger partial charge in [-0.2, -0.15) is 9.40 Å². The number of nitrogens with one attached hydrogen (secondary N) is 2. The lowest BCUT2D eigenvalue weighted by molar-refractivity contribution is 0.271. The molecule has 130 valence electrons. The first-order valence-corrected chi connectivity index (χ1v) is 9.72. The Labute approximate surface area is 143 Å². The molecule has 2 heterocycles. The molecule has 6 nitrogen and oxygen atoms in total. The second-order valence-corrected chi connectivity index (χ2v) is 8.02. The summed E-state index contributed by atoms with van der Waals surface area (Å²) in [6, 6.07) is 8.01. The van der Waals surface area contributed by atoms with Crippen molar-refractivity contribution >= 4 is 10.0 Å². The molecular weight excluding hydrogens is 324 g/mol. The molecule has 0 spiro atoms. The zero-order valence-electron chi connectivity index (χ0n) is 14.3. The number of H-pyrrole nitrogens is 1. The van der Waals surface area contributed by atoms with E-state index in [0.717, 1.165) is 12.0 Å². The summed E-state index contributed by atoms with van der Waals surface area (Å²) in [6.45, 7) is 7.30. The predicted molar refractivity (Wildman–Crippen MR) is 93.4 cm³/mol. The summed E-state index contributed by atoms with van der Waals surface area (Å²) in [5.41, 5.74) is 3.37. The van der Waals surface area contributed by atoms with Crippen LogP contribution in [0.3, 0.4) is 0 Å². The van der Waals surface area contributed by atoms with Gasteiger partial charge in [0.15, 0.2) is 0 Å². The minimum atomic E-state index is -3.59. The van der Waals surface area contributed by atoms with E-state index in [-0.39, 0.29) is 6.04 Å². The van der Waals surface area contributed by atoms with E-state index in [1.807, 2.05) is 12.1 Å². The Bertz CT molecular complexity index is 792. The fourth-order valence-electron chi connectivity index (χ4n) is 3.27. The number of piperazine rings is 1. The van der Waals surface area contributed by atoms with E-state index in [0.29, 0.717) is 35.9 Å². The second-order valence-electron chi connectivity index (χ2n) is 6.19. The lowest BCUT2D eigenvalue weighted by atomic mass is 10.0. The van der Waals surface area contributed by atoms with Crippen LogP contribution in [-0.2, 0) is 16.4 Å². The van der Waals surface area contributed by atoms with Crippen LogP contribution >= 0.6 is 0 Å². The number of aromatic nitrogens is 2. The van der Waals surface area contributed by atoms with Crippen molar-refractivity contribution in [2.45, 2.75) is 38.1 Å². The molecule has 1 fully saturated rings. The SMILES string of the molecule is CCc1ccc(C2CNCCN2S(=O)(=O)c2c(C)n[nH]c2C)cc1. The first kappa shape index (κ1) is 17.1. The van der Waals surface area contributed by atoms with Gasteiger partial charge < -0.3 is 5.32 Å². The van der Waals surface area contributed by atoms with Gasteiger partial charge in [0.05, 0.1) is 17.4 Å². The maximum absolute atomic E-state index is 13.2. The number of sulfonamides is 1. The lowest BCUT2D eigenvalue weighted by Crippen LogP contribution is -2.48. The molecule has 7 heteroatoms. The number of aryl methyl sites for hydroxylation is 3. The van der Waals surface area contributed by atoms with Crippen LogP contribution in [0.1, 0.15) is 35.5 Å². The van der Waals surface area contributed by atoms with Crippen molar-refractivity contribution in [3.63, 3.8) is 0 Å². The summed E-state index contributed by atoms with van der Waals surface area (Å²) < 4.78 is 28.1. The number of aromatic amines is 1. The Morgan fingerprint density at radius 3 is 2.54 bits per heavy atom. The predicted octanol–water partition coefficient (Wildman–Crippen LogP) is 1.92. The molecule has 0 aliphatic carbocycles. The summed E-state index contributed by atoms with van der Waals surface area (Å²) >= 11 is 0.